The summed E-state index contributed by atoms with van der Waals surface area (Å²) < 4.78 is 21.1. The zero-order valence-electron chi connectivity index (χ0n) is 27.6. The van der Waals surface area contributed by atoms with Gasteiger partial charge in [-0.25, -0.2) is 0 Å². The van der Waals surface area contributed by atoms with Gasteiger partial charge in [0.2, 0.25) is 0 Å². The van der Waals surface area contributed by atoms with Crippen LogP contribution in [-0.2, 0) is 14.0 Å². The highest BCUT2D eigenvalue weighted by Gasteiger charge is 2.40. The molecule has 6 aromatic rings. The van der Waals surface area contributed by atoms with Gasteiger partial charge in [-0.05, 0) is 33.2 Å². The van der Waals surface area contributed by atoms with E-state index in [1.54, 1.807) is 0 Å². The summed E-state index contributed by atoms with van der Waals surface area (Å²) >= 11 is 0. The fourth-order valence-electron chi connectivity index (χ4n) is 6.10. The maximum absolute atomic E-state index is 7.40. The minimum atomic E-state index is -0.519. The van der Waals surface area contributed by atoms with Crippen LogP contribution in [0.4, 0.5) is 0 Å². The van der Waals surface area contributed by atoms with Crippen LogP contribution >= 0.6 is 0 Å². The number of rotatable bonds is 16. The van der Waals surface area contributed by atoms with E-state index in [1.165, 1.54) is 0 Å². The fourth-order valence-corrected chi connectivity index (χ4v) is 6.10. The van der Waals surface area contributed by atoms with Gasteiger partial charge >= 0.3 is 13.8 Å². The SMILES string of the molecule is NC(COB(c1ccccc1)C(OC(B(OCC(N)c1ccccc1)c1ccccc1)c1ccccc1)c1ccccc1)c1ccccc1. The molecule has 49 heavy (non-hydrogen) atoms. The third-order valence-electron chi connectivity index (χ3n) is 8.72. The van der Waals surface area contributed by atoms with E-state index in [9.17, 15) is 0 Å². The number of hydrogen-bond acceptors (Lipinski definition) is 5. The van der Waals surface area contributed by atoms with Crippen LogP contribution in [0.25, 0.3) is 0 Å². The van der Waals surface area contributed by atoms with Gasteiger partial charge in [-0.1, -0.05) is 182 Å². The second-order valence-corrected chi connectivity index (χ2v) is 12.2. The lowest BCUT2D eigenvalue weighted by Crippen LogP contribution is -2.47. The first-order chi connectivity index (χ1) is 24.2. The Kier molecular flexibility index (Phi) is 12.3. The van der Waals surface area contributed by atoms with Crippen LogP contribution in [-0.4, -0.2) is 27.0 Å². The molecule has 0 heterocycles. The van der Waals surface area contributed by atoms with Crippen LogP contribution in [0.3, 0.4) is 0 Å². The third-order valence-corrected chi connectivity index (χ3v) is 8.72. The van der Waals surface area contributed by atoms with Gasteiger partial charge in [0.25, 0.3) is 0 Å². The molecule has 0 saturated heterocycles. The summed E-state index contributed by atoms with van der Waals surface area (Å²) in [4.78, 5) is 0. The Balaban J connectivity index is 1.40. The van der Waals surface area contributed by atoms with Gasteiger partial charge in [-0.15, -0.1) is 0 Å². The first-order valence-corrected chi connectivity index (χ1v) is 16.9. The van der Waals surface area contributed by atoms with Crippen LogP contribution in [0.2, 0.25) is 0 Å². The molecule has 0 amide bonds. The topological polar surface area (TPSA) is 79.7 Å². The van der Waals surface area contributed by atoms with Crippen molar-refractivity contribution < 1.29 is 14.0 Å². The summed E-state index contributed by atoms with van der Waals surface area (Å²) in [6.45, 7) is -0.353. The van der Waals surface area contributed by atoms with E-state index in [-0.39, 0.29) is 12.1 Å². The molecule has 0 aliphatic carbocycles. The Bertz CT molecular complexity index is 1650. The summed E-state index contributed by atoms with van der Waals surface area (Å²) in [6, 6.07) is 59.4. The highest BCUT2D eigenvalue weighted by Crippen LogP contribution is 2.32. The molecule has 0 aliphatic heterocycles. The monoisotopic (exact) mass is 644 g/mol. The molecule has 4 N–H and O–H groups in total. The summed E-state index contributed by atoms with van der Waals surface area (Å²) in [5.74, 6) is 0. The number of ether oxygens (including phenoxy) is 1. The van der Waals surface area contributed by atoms with Crippen molar-refractivity contribution in [3.8, 4) is 0 Å². The molecule has 0 aromatic heterocycles. The Morgan fingerprint density at radius 1 is 0.367 bits per heavy atom. The van der Waals surface area contributed by atoms with Crippen molar-refractivity contribution in [1.29, 1.82) is 0 Å². The lowest BCUT2D eigenvalue weighted by atomic mass is 9.51. The smallest absolute Gasteiger partial charge is 0.361 e. The summed E-state index contributed by atoms with van der Waals surface area (Å²) in [6.07, 6.45) is 0. The molecule has 0 aliphatic rings. The lowest BCUT2D eigenvalue weighted by Gasteiger charge is -2.33. The minimum Gasteiger partial charge on any atom is -0.427 e. The standard InChI is InChI=1S/C42H42B2N2O3/c45-39(33-19-7-1-8-20-33)31-47-43(37-27-15-5-16-28-37)41(35-23-11-3-12-24-35)49-42(36-25-13-4-14-26-36)44(38-29-17-6-18-30-38)48-32-40(46)34-21-9-2-10-22-34/h1-30,39-42H,31-32,45-46H2. The number of hydrogen-bond donors (Lipinski definition) is 2. The van der Waals surface area contributed by atoms with Gasteiger partial charge in [0.05, 0.1) is 24.1 Å². The van der Waals surface area contributed by atoms with Crippen LogP contribution in [0.15, 0.2) is 182 Å². The molecule has 0 radical (unpaired) electrons. The van der Waals surface area contributed by atoms with Crippen LogP contribution < -0.4 is 22.4 Å². The second-order valence-electron chi connectivity index (χ2n) is 12.2. The van der Waals surface area contributed by atoms with Crippen molar-refractivity contribution in [3.63, 3.8) is 0 Å². The van der Waals surface area contributed by atoms with Crippen molar-refractivity contribution in [3.05, 3.63) is 204 Å². The van der Waals surface area contributed by atoms with Crippen molar-refractivity contribution in [2.24, 2.45) is 11.5 Å². The van der Waals surface area contributed by atoms with Crippen molar-refractivity contribution in [1.82, 2.24) is 0 Å². The third kappa shape index (κ3) is 9.24. The van der Waals surface area contributed by atoms with Gasteiger partial charge in [-0.3, -0.25) is 0 Å². The Labute approximate surface area is 291 Å². The normalized spacial score (nSPS) is 13.6. The average Bonchev–Trinajstić information content (AvgIpc) is 3.18. The molecule has 4 unspecified atom stereocenters. The second kappa shape index (κ2) is 17.6. The first-order valence-electron chi connectivity index (χ1n) is 16.9. The highest BCUT2D eigenvalue weighted by atomic mass is 16.5. The molecule has 6 rings (SSSR count). The molecule has 244 valence electrons. The van der Waals surface area contributed by atoms with Crippen LogP contribution in [0, 0.1) is 0 Å². The summed E-state index contributed by atoms with van der Waals surface area (Å²) in [5, 5.41) is 0. The van der Waals surface area contributed by atoms with Gasteiger partial charge in [0.15, 0.2) is 0 Å². The maximum Gasteiger partial charge on any atom is 0.361 e. The molecule has 4 atom stereocenters. The molecular weight excluding hydrogens is 602 g/mol. The molecule has 0 bridgehead atoms. The Hall–Kier alpha value is -4.75. The number of benzene rings is 6. The summed E-state index contributed by atoms with van der Waals surface area (Å²) in [7, 11) is 0. The van der Waals surface area contributed by atoms with Crippen molar-refractivity contribution in [2.75, 3.05) is 13.2 Å². The van der Waals surface area contributed by atoms with Crippen LogP contribution in [0.1, 0.15) is 46.3 Å². The van der Waals surface area contributed by atoms with Gasteiger partial charge in [0.1, 0.15) is 0 Å². The first kappa shape index (κ1) is 34.1. The molecule has 0 saturated carbocycles. The molecule has 6 aromatic carbocycles. The molecule has 0 fully saturated rings. The van der Waals surface area contributed by atoms with E-state index >= 15 is 0 Å². The lowest BCUT2D eigenvalue weighted by molar-refractivity contribution is 0.0494. The minimum absolute atomic E-state index is 0.302. The molecular formula is C42H42B2N2O3. The zero-order valence-corrected chi connectivity index (χ0v) is 27.6. The van der Waals surface area contributed by atoms with Gasteiger partial charge in [-0.2, -0.15) is 0 Å². The van der Waals surface area contributed by atoms with Gasteiger partial charge < -0.3 is 25.5 Å². The van der Waals surface area contributed by atoms with Crippen molar-refractivity contribution in [2.45, 2.75) is 24.1 Å². The Morgan fingerprint density at radius 3 is 0.939 bits per heavy atom. The van der Waals surface area contributed by atoms with E-state index in [0.717, 1.165) is 33.2 Å². The highest BCUT2D eigenvalue weighted by molar-refractivity contribution is 6.69. The molecule has 0 spiro atoms. The van der Waals surface area contributed by atoms with E-state index in [1.807, 2.05) is 133 Å². The van der Waals surface area contributed by atoms with E-state index in [0.29, 0.717) is 13.2 Å². The van der Waals surface area contributed by atoms with Crippen LogP contribution in [0.5, 0.6) is 0 Å². The van der Waals surface area contributed by atoms with Gasteiger partial charge in [0, 0.05) is 13.2 Å². The molecule has 7 heteroatoms. The summed E-state index contributed by atoms with van der Waals surface area (Å²) in [5.41, 5.74) is 19.4. The van der Waals surface area contributed by atoms with E-state index in [4.69, 9.17) is 25.5 Å². The predicted octanol–water partition coefficient (Wildman–Crippen LogP) is 6.79. The quantitative estimate of drug-likeness (QED) is 0.114. The largest absolute Gasteiger partial charge is 0.427 e. The van der Waals surface area contributed by atoms with Crippen molar-refractivity contribution >= 4 is 24.8 Å². The fraction of sp³-hybridized carbons (Fsp3) is 0.143. The average molecular weight is 644 g/mol. The maximum atomic E-state index is 7.40. The Morgan fingerprint density at radius 2 is 0.633 bits per heavy atom. The van der Waals surface area contributed by atoms with E-state index < -0.39 is 25.8 Å². The predicted molar refractivity (Wildman–Crippen MR) is 202 cm³/mol. The number of nitrogens with two attached hydrogens (primary N) is 2. The zero-order chi connectivity index (χ0) is 33.7. The molecule has 5 nitrogen and oxygen atoms in total. The van der Waals surface area contributed by atoms with E-state index in [2.05, 4.69) is 48.5 Å².